The van der Waals surface area contributed by atoms with Crippen LogP contribution in [0.25, 0.3) is 0 Å². The summed E-state index contributed by atoms with van der Waals surface area (Å²) >= 11 is 0. The molecule has 1 aromatic heterocycles. The smallest absolute Gasteiger partial charge is 0.289 e. The molecule has 0 radical (unpaired) electrons. The van der Waals surface area contributed by atoms with Gasteiger partial charge in [0.2, 0.25) is 29.4 Å². The maximum Gasteiger partial charge on any atom is 0.289 e. The molecule has 0 aromatic carbocycles. The van der Waals surface area contributed by atoms with Crippen LogP contribution in [0.2, 0.25) is 0 Å². The van der Waals surface area contributed by atoms with E-state index in [1.54, 1.807) is 4.90 Å². The molecule has 6 rings (SSSR count). The van der Waals surface area contributed by atoms with E-state index >= 15 is 4.79 Å². The number of aromatic nitrogens is 2. The van der Waals surface area contributed by atoms with Gasteiger partial charge in [-0.05, 0) is 63.2 Å². The normalized spacial score (nSPS) is 25.7. The number of likely N-dealkylation sites (N-methyl/N-ethyl adjacent to an activating group) is 1. The average molecular weight is 778 g/mol. The number of nitrogens with zero attached hydrogens (tertiary/aromatic N) is 5. The van der Waals surface area contributed by atoms with Gasteiger partial charge in [0.25, 0.3) is 11.8 Å². The lowest BCUT2D eigenvalue weighted by atomic mass is 9.82. The van der Waals surface area contributed by atoms with Gasteiger partial charge >= 0.3 is 0 Å². The third kappa shape index (κ3) is 8.44. The van der Waals surface area contributed by atoms with E-state index < -0.39 is 70.6 Å². The van der Waals surface area contributed by atoms with Crippen LogP contribution in [-0.2, 0) is 28.8 Å². The van der Waals surface area contributed by atoms with Crippen molar-refractivity contribution >= 4 is 41.2 Å². The summed E-state index contributed by atoms with van der Waals surface area (Å²) < 4.78 is 0. The molecule has 4 N–H and O–H groups in total. The number of hydrogen-bond donors (Lipinski definition) is 4. The van der Waals surface area contributed by atoms with Crippen LogP contribution >= 0.6 is 0 Å². The van der Waals surface area contributed by atoms with Crippen molar-refractivity contribution < 1.29 is 33.6 Å². The fraction of sp³-hybridized carbons (Fsp3) is 0.725. The van der Waals surface area contributed by atoms with Crippen LogP contribution in [0.15, 0.2) is 18.6 Å². The van der Waals surface area contributed by atoms with E-state index in [9.17, 15) is 28.8 Å². The molecular formula is C40H59N9O7. The Morgan fingerprint density at radius 1 is 0.929 bits per heavy atom. The number of carbonyl (C=O) groups excluding carboxylic acids is 7. The largest absolute Gasteiger partial charge is 0.347 e. The molecule has 5 fully saturated rings. The highest BCUT2D eigenvalue weighted by atomic mass is 16.2. The molecule has 3 saturated heterocycles. The Hall–Kier alpha value is -4.47. The number of ketones is 1. The zero-order valence-electron chi connectivity index (χ0n) is 33.5. The second kappa shape index (κ2) is 16.9. The van der Waals surface area contributed by atoms with Crippen LogP contribution in [0.5, 0.6) is 0 Å². The van der Waals surface area contributed by atoms with Gasteiger partial charge in [0.05, 0.1) is 24.8 Å². The van der Waals surface area contributed by atoms with Gasteiger partial charge in [-0.25, -0.2) is 4.98 Å². The van der Waals surface area contributed by atoms with Gasteiger partial charge in [0, 0.05) is 37.9 Å². The average Bonchev–Trinajstić information content (AvgIpc) is 3.60. The lowest BCUT2D eigenvalue weighted by Crippen LogP contribution is -2.62. The lowest BCUT2D eigenvalue weighted by molar-refractivity contribution is -0.145. The summed E-state index contributed by atoms with van der Waals surface area (Å²) in [6, 6.07) is -4.71. The minimum atomic E-state index is -1.14. The molecule has 6 amide bonds. The van der Waals surface area contributed by atoms with E-state index in [0.29, 0.717) is 25.9 Å². The third-order valence-electron chi connectivity index (χ3n) is 12.3. The van der Waals surface area contributed by atoms with Gasteiger partial charge < -0.3 is 31.1 Å². The van der Waals surface area contributed by atoms with E-state index in [1.165, 1.54) is 23.5 Å². The number of likely N-dealkylation sites (tertiary alicyclic amines) is 1. The molecule has 2 unspecified atom stereocenters. The van der Waals surface area contributed by atoms with Gasteiger partial charge in [-0.15, -0.1) is 0 Å². The molecule has 16 nitrogen and oxygen atoms in total. The fourth-order valence-electron chi connectivity index (χ4n) is 9.26. The molecule has 306 valence electrons. The van der Waals surface area contributed by atoms with Crippen molar-refractivity contribution in [3.05, 3.63) is 24.3 Å². The van der Waals surface area contributed by atoms with Crippen molar-refractivity contribution in [3.63, 3.8) is 0 Å². The highest BCUT2D eigenvalue weighted by Gasteiger charge is 2.64. The number of amides is 6. The zero-order chi connectivity index (χ0) is 40.4. The van der Waals surface area contributed by atoms with Crippen molar-refractivity contribution in [2.75, 3.05) is 19.6 Å². The zero-order valence-corrected chi connectivity index (χ0v) is 33.5. The SMILES string of the molecule is CCCC(NC(=O)[C@@H]1CC2(CN1C(=O)[C@@H](NC(=O)[C@@H](NC(=O)c1cnccn1)C1CCCCC1)C(C)(C)C)N(CC)C(=O)[C@H]1CCCN12)C(=O)C(=O)NC1CC1. The number of carbonyl (C=O) groups is 7. The molecule has 56 heavy (non-hydrogen) atoms. The lowest BCUT2D eigenvalue weighted by Gasteiger charge is -2.40. The number of Topliss-reactive ketones (excluding diaryl/α,β-unsaturated/α-hetero) is 1. The minimum absolute atomic E-state index is 0.0203. The molecule has 4 heterocycles. The number of hydrogen-bond acceptors (Lipinski definition) is 10. The molecule has 16 heteroatoms. The van der Waals surface area contributed by atoms with Crippen LogP contribution in [0.1, 0.15) is 122 Å². The Labute approximate surface area is 329 Å². The van der Waals surface area contributed by atoms with Crippen LogP contribution in [0.3, 0.4) is 0 Å². The van der Waals surface area contributed by atoms with Crippen LogP contribution in [-0.4, -0.2) is 127 Å². The van der Waals surface area contributed by atoms with E-state index in [2.05, 4.69) is 36.1 Å². The first-order valence-corrected chi connectivity index (χ1v) is 20.6. The molecule has 1 spiro atoms. The van der Waals surface area contributed by atoms with Gasteiger partial charge in [-0.1, -0.05) is 53.4 Å². The summed E-state index contributed by atoms with van der Waals surface area (Å²) in [7, 11) is 0. The van der Waals surface area contributed by atoms with Crippen molar-refractivity contribution in [1.29, 1.82) is 0 Å². The quantitative estimate of drug-likeness (QED) is 0.200. The predicted molar refractivity (Wildman–Crippen MR) is 204 cm³/mol. The topological polar surface area (TPSA) is 203 Å². The van der Waals surface area contributed by atoms with Crippen molar-refractivity contribution in [3.8, 4) is 0 Å². The molecule has 2 aliphatic carbocycles. The molecule has 2 saturated carbocycles. The minimum Gasteiger partial charge on any atom is -0.347 e. The first-order valence-electron chi connectivity index (χ1n) is 20.6. The van der Waals surface area contributed by atoms with E-state index in [4.69, 9.17) is 0 Å². The Morgan fingerprint density at radius 2 is 1.66 bits per heavy atom. The Kier molecular flexibility index (Phi) is 12.5. The van der Waals surface area contributed by atoms with Gasteiger partial charge in [-0.2, -0.15) is 0 Å². The van der Waals surface area contributed by atoms with Crippen LogP contribution < -0.4 is 21.3 Å². The molecule has 0 bridgehead atoms. The maximum absolute atomic E-state index is 15.1. The Morgan fingerprint density at radius 3 is 2.29 bits per heavy atom. The summed E-state index contributed by atoms with van der Waals surface area (Å²) in [6.45, 7) is 10.2. The second-order valence-electron chi connectivity index (χ2n) is 17.3. The highest BCUT2D eigenvalue weighted by molar-refractivity contribution is 6.38. The van der Waals surface area contributed by atoms with Gasteiger partial charge in [-0.3, -0.25) is 43.4 Å². The van der Waals surface area contributed by atoms with Crippen molar-refractivity contribution in [2.24, 2.45) is 11.3 Å². The van der Waals surface area contributed by atoms with Gasteiger partial charge in [0.1, 0.15) is 29.5 Å². The Balaban J connectivity index is 1.31. The molecule has 6 atom stereocenters. The summed E-state index contributed by atoms with van der Waals surface area (Å²) in [6.07, 6.45) is 12.4. The molecule has 3 aliphatic heterocycles. The summed E-state index contributed by atoms with van der Waals surface area (Å²) in [5.74, 6) is -3.86. The molecule has 5 aliphatic rings. The number of nitrogens with one attached hydrogen (secondary N) is 4. The first-order chi connectivity index (χ1) is 26.7. The van der Waals surface area contributed by atoms with Gasteiger partial charge in [0.15, 0.2) is 0 Å². The molecular weight excluding hydrogens is 718 g/mol. The van der Waals surface area contributed by atoms with Crippen LogP contribution in [0, 0.1) is 11.3 Å². The van der Waals surface area contributed by atoms with Crippen LogP contribution in [0.4, 0.5) is 0 Å². The first kappa shape index (κ1) is 41.2. The van der Waals surface area contributed by atoms with E-state index in [0.717, 1.165) is 51.4 Å². The fourth-order valence-corrected chi connectivity index (χ4v) is 9.26. The van der Waals surface area contributed by atoms with E-state index in [1.807, 2.05) is 34.6 Å². The Bertz CT molecular complexity index is 1670. The summed E-state index contributed by atoms with van der Waals surface area (Å²) in [5.41, 5.74) is -1.76. The number of rotatable bonds is 14. The predicted octanol–water partition coefficient (Wildman–Crippen LogP) is 1.44. The second-order valence-corrected chi connectivity index (χ2v) is 17.3. The highest BCUT2D eigenvalue weighted by Crippen LogP contribution is 2.46. The van der Waals surface area contributed by atoms with Crippen molar-refractivity contribution in [2.45, 2.75) is 154 Å². The summed E-state index contributed by atoms with van der Waals surface area (Å²) in [4.78, 5) is 111. The third-order valence-corrected chi connectivity index (χ3v) is 12.3. The number of fused-ring (bicyclic) bond motifs is 2. The van der Waals surface area contributed by atoms with E-state index in [-0.39, 0.29) is 49.0 Å². The standard InChI is InChI=1S/C40H59N9O7/c1-6-12-26(31(50)36(54)43-25-16-17-25)44-34(52)29-21-40(48(7-2)37(55)28-15-11-20-49(28)40)23-47(29)38(56)32(39(3,4)5)46-35(53)30(24-13-9-8-10-14-24)45-33(51)27-22-41-18-19-42-27/h18-19,22,24-26,28-30,32H,6-17,20-21,23H2,1-5H3,(H,43,54)(H,44,52)(H,45,51)(H,46,53)/t26?,28-,29+,30+,32-,40?/m1/s1. The molecule has 1 aromatic rings. The summed E-state index contributed by atoms with van der Waals surface area (Å²) in [5, 5.41) is 11.5. The monoisotopic (exact) mass is 777 g/mol. The van der Waals surface area contributed by atoms with Crippen molar-refractivity contribution in [1.82, 2.24) is 45.9 Å². The maximum atomic E-state index is 15.1.